The van der Waals surface area contributed by atoms with E-state index < -0.39 is 21.9 Å². The van der Waals surface area contributed by atoms with E-state index in [0.717, 1.165) is 5.56 Å². The fraction of sp³-hybridized carbons (Fsp3) is 0.136. The maximum atomic E-state index is 13.6. The number of hydrogen-bond donors (Lipinski definition) is 2. The second-order valence-corrected chi connectivity index (χ2v) is 8.72. The zero-order chi connectivity index (χ0) is 21.6. The van der Waals surface area contributed by atoms with Gasteiger partial charge in [-0.15, -0.1) is 0 Å². The van der Waals surface area contributed by atoms with Crippen LogP contribution in [-0.2, 0) is 23.1 Å². The average Bonchev–Trinajstić information content (AvgIpc) is 2.74. The van der Waals surface area contributed by atoms with Crippen LogP contribution < -0.4 is 10.6 Å². The van der Waals surface area contributed by atoms with Crippen LogP contribution in [0.1, 0.15) is 11.1 Å². The lowest BCUT2D eigenvalue weighted by Crippen LogP contribution is -2.28. The summed E-state index contributed by atoms with van der Waals surface area (Å²) < 4.78 is 40.4. The normalized spacial score (nSPS) is 11.3. The average molecular weight is 428 g/mol. The van der Waals surface area contributed by atoms with E-state index in [2.05, 4.69) is 10.6 Å². The van der Waals surface area contributed by atoms with Gasteiger partial charge in [0.25, 0.3) is 0 Å². The molecule has 0 atom stereocenters. The van der Waals surface area contributed by atoms with Gasteiger partial charge in [0.1, 0.15) is 5.82 Å². The van der Waals surface area contributed by atoms with Crippen molar-refractivity contribution < 1.29 is 17.6 Å². The number of carbonyl (C=O) groups is 1. The molecular weight excluding hydrogens is 405 g/mol. The molecule has 3 aromatic rings. The first-order chi connectivity index (χ1) is 14.4. The van der Waals surface area contributed by atoms with Crippen LogP contribution in [0.5, 0.6) is 0 Å². The molecule has 3 rings (SSSR count). The summed E-state index contributed by atoms with van der Waals surface area (Å²) in [7, 11) is -2.15. The quantitative estimate of drug-likeness (QED) is 0.599. The number of benzene rings is 3. The van der Waals surface area contributed by atoms with Crippen LogP contribution in [0.25, 0.3) is 0 Å². The van der Waals surface area contributed by atoms with Gasteiger partial charge < -0.3 is 10.6 Å². The van der Waals surface area contributed by atoms with Crippen molar-refractivity contribution in [1.29, 1.82) is 0 Å². The first kappa shape index (κ1) is 21.5. The van der Waals surface area contributed by atoms with Gasteiger partial charge in [0.05, 0.1) is 4.90 Å². The van der Waals surface area contributed by atoms with E-state index in [1.807, 2.05) is 30.3 Å². The highest BCUT2D eigenvalue weighted by Crippen LogP contribution is 2.19. The molecule has 6 nitrogen and oxygen atoms in total. The van der Waals surface area contributed by atoms with E-state index >= 15 is 0 Å². The maximum absolute atomic E-state index is 13.6. The predicted molar refractivity (Wildman–Crippen MR) is 114 cm³/mol. The molecule has 0 bridgehead atoms. The fourth-order valence-corrected chi connectivity index (χ4v) is 3.97. The number of urea groups is 1. The van der Waals surface area contributed by atoms with Gasteiger partial charge in [0.15, 0.2) is 0 Å². The molecule has 0 heterocycles. The first-order valence-corrected chi connectivity index (χ1v) is 10.7. The third-order valence-corrected chi connectivity index (χ3v) is 6.28. The van der Waals surface area contributed by atoms with Crippen molar-refractivity contribution in [2.45, 2.75) is 18.0 Å². The summed E-state index contributed by atoms with van der Waals surface area (Å²) in [6.07, 6.45) is 0. The van der Waals surface area contributed by atoms with Crippen molar-refractivity contribution in [2.75, 3.05) is 12.4 Å². The van der Waals surface area contributed by atoms with Gasteiger partial charge in [-0.25, -0.2) is 17.6 Å². The van der Waals surface area contributed by atoms with Crippen LogP contribution in [-0.4, -0.2) is 25.8 Å². The number of amides is 2. The van der Waals surface area contributed by atoms with Gasteiger partial charge in [-0.3, -0.25) is 0 Å². The molecule has 3 aromatic carbocycles. The van der Waals surface area contributed by atoms with Crippen molar-refractivity contribution in [1.82, 2.24) is 9.62 Å². The van der Waals surface area contributed by atoms with Gasteiger partial charge in [0, 0.05) is 31.4 Å². The van der Waals surface area contributed by atoms with Gasteiger partial charge >= 0.3 is 6.03 Å². The van der Waals surface area contributed by atoms with Crippen LogP contribution >= 0.6 is 0 Å². The standard InChI is InChI=1S/C22H22FN3O3S/c1-26(16-17-7-3-2-4-8-17)30(28,29)20-13-11-19(12-14-20)25-22(27)24-15-18-9-5-6-10-21(18)23/h2-14H,15-16H2,1H3,(H2,24,25,27). The molecule has 0 aliphatic heterocycles. The van der Waals surface area contributed by atoms with E-state index in [1.54, 1.807) is 18.2 Å². The molecule has 0 aliphatic carbocycles. The molecule has 2 N–H and O–H groups in total. The minimum atomic E-state index is -3.67. The van der Waals surface area contributed by atoms with Crippen LogP contribution in [0, 0.1) is 5.82 Å². The van der Waals surface area contributed by atoms with Gasteiger partial charge in [-0.1, -0.05) is 48.5 Å². The SMILES string of the molecule is CN(Cc1ccccc1)S(=O)(=O)c1ccc(NC(=O)NCc2ccccc2F)cc1. The van der Waals surface area contributed by atoms with Crippen LogP contribution in [0.15, 0.2) is 83.8 Å². The maximum Gasteiger partial charge on any atom is 0.319 e. The zero-order valence-electron chi connectivity index (χ0n) is 16.4. The van der Waals surface area contributed by atoms with Crippen LogP contribution in [0.4, 0.5) is 14.9 Å². The molecule has 0 unspecified atom stereocenters. The number of halogens is 1. The van der Waals surface area contributed by atoms with E-state index in [-0.39, 0.29) is 18.0 Å². The molecule has 0 fully saturated rings. The second kappa shape index (κ2) is 9.51. The molecule has 0 spiro atoms. The molecule has 8 heteroatoms. The van der Waals surface area contributed by atoms with Crippen LogP contribution in [0.3, 0.4) is 0 Å². The van der Waals surface area contributed by atoms with E-state index in [9.17, 15) is 17.6 Å². The first-order valence-electron chi connectivity index (χ1n) is 9.25. The molecule has 0 saturated carbocycles. The molecule has 2 amide bonds. The Kier molecular flexibility index (Phi) is 6.81. The number of nitrogens with zero attached hydrogens (tertiary/aromatic N) is 1. The number of carbonyl (C=O) groups excluding carboxylic acids is 1. The van der Waals surface area contributed by atoms with Crippen molar-refractivity contribution >= 4 is 21.7 Å². The lowest BCUT2D eigenvalue weighted by molar-refractivity contribution is 0.251. The van der Waals surface area contributed by atoms with Crippen molar-refractivity contribution in [3.63, 3.8) is 0 Å². The Morgan fingerprint density at radius 1 is 0.933 bits per heavy atom. The zero-order valence-corrected chi connectivity index (χ0v) is 17.2. The summed E-state index contributed by atoms with van der Waals surface area (Å²) in [5.41, 5.74) is 1.68. The Bertz CT molecular complexity index is 1100. The van der Waals surface area contributed by atoms with Gasteiger partial charge in [-0.2, -0.15) is 4.31 Å². The summed E-state index contributed by atoms with van der Waals surface area (Å²) in [6.45, 7) is 0.289. The smallest absolute Gasteiger partial charge is 0.319 e. The van der Waals surface area contributed by atoms with Crippen molar-refractivity contribution in [3.05, 3.63) is 95.8 Å². The van der Waals surface area contributed by atoms with E-state index in [0.29, 0.717) is 11.3 Å². The second-order valence-electron chi connectivity index (χ2n) is 6.67. The summed E-state index contributed by atoms with van der Waals surface area (Å²) in [6, 6.07) is 20.8. The summed E-state index contributed by atoms with van der Waals surface area (Å²) in [5, 5.41) is 5.16. The Morgan fingerprint density at radius 3 is 2.23 bits per heavy atom. The molecule has 0 aromatic heterocycles. The molecule has 0 saturated heterocycles. The lowest BCUT2D eigenvalue weighted by atomic mass is 10.2. The minimum absolute atomic E-state index is 0.0370. The van der Waals surface area contributed by atoms with E-state index in [1.165, 1.54) is 41.7 Å². The molecule has 0 radical (unpaired) electrons. The Morgan fingerprint density at radius 2 is 1.57 bits per heavy atom. The molecule has 156 valence electrons. The predicted octanol–water partition coefficient (Wildman–Crippen LogP) is 3.97. The summed E-state index contributed by atoms with van der Waals surface area (Å²) in [4.78, 5) is 12.1. The number of anilines is 1. The number of hydrogen-bond acceptors (Lipinski definition) is 3. The third kappa shape index (κ3) is 5.43. The number of rotatable bonds is 7. The highest BCUT2D eigenvalue weighted by molar-refractivity contribution is 7.89. The highest BCUT2D eigenvalue weighted by atomic mass is 32.2. The number of nitrogens with one attached hydrogen (secondary N) is 2. The topological polar surface area (TPSA) is 78.5 Å². The van der Waals surface area contributed by atoms with Crippen molar-refractivity contribution in [3.8, 4) is 0 Å². The monoisotopic (exact) mass is 427 g/mol. The molecule has 30 heavy (non-hydrogen) atoms. The van der Waals surface area contributed by atoms with Gasteiger partial charge in [-0.05, 0) is 35.9 Å². The van der Waals surface area contributed by atoms with Crippen LogP contribution in [0.2, 0.25) is 0 Å². The largest absolute Gasteiger partial charge is 0.334 e. The fourth-order valence-electron chi connectivity index (χ4n) is 2.81. The Labute approximate surface area is 175 Å². The number of sulfonamides is 1. The Balaban J connectivity index is 1.59. The summed E-state index contributed by atoms with van der Waals surface area (Å²) in [5.74, 6) is -0.396. The Hall–Kier alpha value is -3.23. The van der Waals surface area contributed by atoms with Crippen molar-refractivity contribution in [2.24, 2.45) is 0 Å². The molecule has 0 aliphatic rings. The highest BCUT2D eigenvalue weighted by Gasteiger charge is 2.20. The minimum Gasteiger partial charge on any atom is -0.334 e. The van der Waals surface area contributed by atoms with E-state index in [4.69, 9.17) is 0 Å². The van der Waals surface area contributed by atoms with Gasteiger partial charge in [0.2, 0.25) is 10.0 Å². The third-order valence-electron chi connectivity index (χ3n) is 4.47. The lowest BCUT2D eigenvalue weighted by Gasteiger charge is -2.17. The summed E-state index contributed by atoms with van der Waals surface area (Å²) >= 11 is 0. The molecular formula is C22H22FN3O3S.